The van der Waals surface area contributed by atoms with Gasteiger partial charge in [-0.3, -0.25) is 0 Å². The highest BCUT2D eigenvalue weighted by atomic mass is 35.5. The molecular weight excluding hydrogens is 194 g/mol. The molecule has 5 nitrogen and oxygen atoms in total. The Bertz CT molecular complexity index is 454. The van der Waals surface area contributed by atoms with E-state index >= 15 is 0 Å². The molecule has 13 heavy (non-hydrogen) atoms. The fourth-order valence-corrected chi connectivity index (χ4v) is 1.09. The first kappa shape index (κ1) is 8.00. The Hall–Kier alpha value is -1.62. The second-order valence-corrected chi connectivity index (χ2v) is 2.46. The van der Waals surface area contributed by atoms with Crippen LogP contribution in [-0.4, -0.2) is 20.6 Å². The maximum atomic E-state index is 11.0. The van der Waals surface area contributed by atoms with Crippen molar-refractivity contribution < 1.29 is 9.08 Å². The summed E-state index contributed by atoms with van der Waals surface area (Å²) < 4.78 is 5.39. The molecule has 0 aliphatic rings. The number of hydrogen-bond acceptors (Lipinski definition) is 4. The molecule has 0 radical (unpaired) electrons. The molecule has 0 N–H and O–H groups in total. The average molecular weight is 198 g/mol. The lowest BCUT2D eigenvalue weighted by molar-refractivity contribution is 0.0742. The van der Waals surface area contributed by atoms with Gasteiger partial charge in [0.25, 0.3) is 0 Å². The number of aromatic nitrogens is 3. The standard InChI is InChI=1S/C7H4ClN3O2/c8-13-7(12)5-4-9-6-2-1-3-10-11(5)6/h1-4H. The highest BCUT2D eigenvalue weighted by Gasteiger charge is 2.13. The summed E-state index contributed by atoms with van der Waals surface area (Å²) in [6.45, 7) is 0. The molecule has 0 aliphatic heterocycles. The second-order valence-electron chi connectivity index (χ2n) is 2.30. The van der Waals surface area contributed by atoms with Gasteiger partial charge in [-0.15, -0.1) is 0 Å². The number of fused-ring (bicyclic) bond motifs is 1. The number of halogens is 1. The van der Waals surface area contributed by atoms with Gasteiger partial charge in [0.05, 0.1) is 6.20 Å². The molecule has 66 valence electrons. The molecule has 0 atom stereocenters. The van der Waals surface area contributed by atoms with Gasteiger partial charge in [-0.25, -0.2) is 14.3 Å². The Morgan fingerprint density at radius 2 is 2.46 bits per heavy atom. The topological polar surface area (TPSA) is 56.5 Å². The van der Waals surface area contributed by atoms with E-state index in [1.807, 2.05) is 0 Å². The van der Waals surface area contributed by atoms with Crippen LogP contribution in [0.1, 0.15) is 10.5 Å². The number of imidazole rings is 1. The molecule has 0 spiro atoms. The maximum Gasteiger partial charge on any atom is 0.376 e. The first-order chi connectivity index (χ1) is 6.33. The monoisotopic (exact) mass is 197 g/mol. The smallest absolute Gasteiger partial charge is 0.342 e. The number of hydrogen-bond donors (Lipinski definition) is 0. The third-order valence-electron chi connectivity index (χ3n) is 1.56. The van der Waals surface area contributed by atoms with E-state index in [-0.39, 0.29) is 5.69 Å². The van der Waals surface area contributed by atoms with Gasteiger partial charge in [0.1, 0.15) is 11.9 Å². The van der Waals surface area contributed by atoms with Crippen molar-refractivity contribution in [1.29, 1.82) is 0 Å². The van der Waals surface area contributed by atoms with Crippen molar-refractivity contribution >= 4 is 23.5 Å². The van der Waals surface area contributed by atoms with E-state index in [4.69, 9.17) is 11.9 Å². The molecule has 2 heterocycles. The summed E-state index contributed by atoms with van der Waals surface area (Å²) in [5.41, 5.74) is 0.769. The Kier molecular flexibility index (Phi) is 1.86. The van der Waals surface area contributed by atoms with Crippen molar-refractivity contribution in [2.24, 2.45) is 0 Å². The van der Waals surface area contributed by atoms with E-state index in [1.54, 1.807) is 18.3 Å². The van der Waals surface area contributed by atoms with Crippen molar-refractivity contribution in [3.63, 3.8) is 0 Å². The Morgan fingerprint density at radius 1 is 1.62 bits per heavy atom. The second kappa shape index (κ2) is 3.02. The Morgan fingerprint density at radius 3 is 3.23 bits per heavy atom. The fraction of sp³-hybridized carbons (Fsp3) is 0. The summed E-state index contributed by atoms with van der Waals surface area (Å²) >= 11 is 4.93. The zero-order valence-corrected chi connectivity index (χ0v) is 7.10. The van der Waals surface area contributed by atoms with E-state index in [0.29, 0.717) is 5.65 Å². The predicted molar refractivity (Wildman–Crippen MR) is 44.3 cm³/mol. The maximum absolute atomic E-state index is 11.0. The molecule has 2 aromatic heterocycles. The molecule has 0 saturated carbocycles. The first-order valence-electron chi connectivity index (χ1n) is 3.44. The van der Waals surface area contributed by atoms with Crippen LogP contribution in [0, 0.1) is 0 Å². The van der Waals surface area contributed by atoms with Crippen molar-refractivity contribution in [2.45, 2.75) is 0 Å². The van der Waals surface area contributed by atoms with Gasteiger partial charge < -0.3 is 4.29 Å². The van der Waals surface area contributed by atoms with Gasteiger partial charge in [0, 0.05) is 6.20 Å². The highest BCUT2D eigenvalue weighted by Crippen LogP contribution is 2.05. The van der Waals surface area contributed by atoms with Gasteiger partial charge >= 0.3 is 5.97 Å². The Balaban J connectivity index is 2.64. The Labute approximate surface area is 78.1 Å². The number of carbonyl (C=O) groups excluding carboxylic acids is 1. The van der Waals surface area contributed by atoms with Crippen LogP contribution in [0.4, 0.5) is 0 Å². The van der Waals surface area contributed by atoms with Crippen LogP contribution >= 0.6 is 11.9 Å². The van der Waals surface area contributed by atoms with Crippen LogP contribution in [0.3, 0.4) is 0 Å². The first-order valence-corrected chi connectivity index (χ1v) is 3.75. The van der Waals surface area contributed by atoms with Crippen molar-refractivity contribution in [1.82, 2.24) is 14.6 Å². The molecule has 0 bridgehead atoms. The zero-order chi connectivity index (χ0) is 9.26. The molecule has 0 amide bonds. The fourth-order valence-electron chi connectivity index (χ4n) is 1.01. The molecule has 2 rings (SSSR count). The molecule has 6 heteroatoms. The van der Waals surface area contributed by atoms with Gasteiger partial charge in [-0.2, -0.15) is 5.10 Å². The minimum atomic E-state index is -0.673. The molecule has 0 fully saturated rings. The van der Waals surface area contributed by atoms with E-state index in [2.05, 4.69) is 14.4 Å². The van der Waals surface area contributed by atoms with Gasteiger partial charge in [0.2, 0.25) is 0 Å². The normalized spacial score (nSPS) is 10.2. The lowest BCUT2D eigenvalue weighted by Crippen LogP contribution is -2.04. The molecule has 0 aliphatic carbocycles. The van der Waals surface area contributed by atoms with Crippen molar-refractivity contribution in [3.05, 3.63) is 30.2 Å². The van der Waals surface area contributed by atoms with Gasteiger partial charge in [0.15, 0.2) is 11.3 Å². The van der Waals surface area contributed by atoms with Crippen LogP contribution in [-0.2, 0) is 4.29 Å². The van der Waals surface area contributed by atoms with E-state index in [0.717, 1.165) is 0 Å². The zero-order valence-electron chi connectivity index (χ0n) is 6.35. The molecule has 0 saturated heterocycles. The summed E-state index contributed by atoms with van der Waals surface area (Å²) in [5, 5.41) is 3.90. The van der Waals surface area contributed by atoms with E-state index < -0.39 is 5.97 Å². The minimum Gasteiger partial charge on any atom is -0.342 e. The molecule has 2 aromatic rings. The number of nitrogens with zero attached hydrogens (tertiary/aromatic N) is 3. The van der Waals surface area contributed by atoms with Crippen LogP contribution in [0.2, 0.25) is 0 Å². The van der Waals surface area contributed by atoms with Gasteiger partial charge in [-0.1, -0.05) is 0 Å². The predicted octanol–water partition coefficient (Wildman–Crippen LogP) is 1.04. The molecule has 0 aromatic carbocycles. The summed E-state index contributed by atoms with van der Waals surface area (Å²) in [4.78, 5) is 15.0. The minimum absolute atomic E-state index is 0.200. The van der Waals surface area contributed by atoms with Crippen LogP contribution in [0.25, 0.3) is 5.65 Å². The van der Waals surface area contributed by atoms with Crippen LogP contribution in [0.15, 0.2) is 24.5 Å². The van der Waals surface area contributed by atoms with Crippen molar-refractivity contribution in [3.8, 4) is 0 Å². The lowest BCUT2D eigenvalue weighted by atomic mass is 10.5. The van der Waals surface area contributed by atoms with Crippen molar-refractivity contribution in [2.75, 3.05) is 0 Å². The SMILES string of the molecule is O=C(OCl)c1cnc2cccnn12. The largest absolute Gasteiger partial charge is 0.376 e. The molecular formula is C7H4ClN3O2. The quantitative estimate of drug-likeness (QED) is 0.686. The van der Waals surface area contributed by atoms with E-state index in [9.17, 15) is 4.79 Å². The highest BCUT2D eigenvalue weighted by molar-refractivity contribution is 6.15. The van der Waals surface area contributed by atoms with Gasteiger partial charge in [-0.05, 0) is 12.1 Å². The van der Waals surface area contributed by atoms with Crippen LogP contribution in [0.5, 0.6) is 0 Å². The average Bonchev–Trinajstić information content (AvgIpc) is 2.60. The summed E-state index contributed by atoms with van der Waals surface area (Å²) in [5.74, 6) is -0.673. The van der Waals surface area contributed by atoms with Crippen LogP contribution < -0.4 is 0 Å². The summed E-state index contributed by atoms with van der Waals surface area (Å²) in [6.07, 6.45) is 2.90. The van der Waals surface area contributed by atoms with E-state index in [1.165, 1.54) is 10.7 Å². The third kappa shape index (κ3) is 1.23. The number of carbonyl (C=O) groups is 1. The molecule has 0 unspecified atom stereocenters. The summed E-state index contributed by atoms with van der Waals surface area (Å²) in [7, 11) is 0. The summed E-state index contributed by atoms with van der Waals surface area (Å²) in [6, 6.07) is 3.44. The number of rotatable bonds is 1. The lowest BCUT2D eigenvalue weighted by Gasteiger charge is -1.94. The third-order valence-corrected chi connectivity index (χ3v) is 1.70.